The van der Waals surface area contributed by atoms with Crippen LogP contribution >= 0.6 is 27.3 Å². The first kappa shape index (κ1) is 15.2. The van der Waals surface area contributed by atoms with Crippen LogP contribution in [0.5, 0.6) is 0 Å². The predicted octanol–water partition coefficient (Wildman–Crippen LogP) is 3.72. The lowest BCUT2D eigenvalue weighted by Gasteiger charge is -2.20. The van der Waals surface area contributed by atoms with Crippen molar-refractivity contribution in [1.82, 2.24) is 10.2 Å². The highest BCUT2D eigenvalue weighted by Crippen LogP contribution is 2.19. The van der Waals surface area contributed by atoms with Gasteiger partial charge in [0, 0.05) is 27.3 Å². The number of halogens is 1. The van der Waals surface area contributed by atoms with E-state index in [2.05, 4.69) is 58.5 Å². The number of hydrogen-bond acceptors (Lipinski definition) is 3. The van der Waals surface area contributed by atoms with Crippen molar-refractivity contribution in [3.8, 4) is 0 Å². The summed E-state index contributed by atoms with van der Waals surface area (Å²) in [7, 11) is 2.20. The van der Waals surface area contributed by atoms with Crippen LogP contribution < -0.4 is 5.32 Å². The lowest BCUT2D eigenvalue weighted by Crippen LogP contribution is -2.27. The highest BCUT2D eigenvalue weighted by atomic mass is 79.9. The van der Waals surface area contributed by atoms with Gasteiger partial charge in [-0.15, -0.1) is 11.3 Å². The molecule has 0 unspecified atom stereocenters. The maximum Gasteiger partial charge on any atom is 0.0300 e. The highest BCUT2D eigenvalue weighted by molar-refractivity contribution is 9.10. The largest absolute Gasteiger partial charge is 0.312 e. The smallest absolute Gasteiger partial charge is 0.0300 e. The van der Waals surface area contributed by atoms with Gasteiger partial charge in [-0.2, -0.15) is 0 Å². The fraction of sp³-hybridized carbons (Fsp3) is 0.692. The van der Waals surface area contributed by atoms with E-state index in [0.29, 0.717) is 6.04 Å². The second-order valence-corrected chi connectivity index (χ2v) is 6.60. The molecule has 2 nitrogen and oxygen atoms in total. The molecular weight excluding hydrogens is 296 g/mol. The van der Waals surface area contributed by atoms with Gasteiger partial charge in [-0.05, 0) is 68.8 Å². The van der Waals surface area contributed by atoms with E-state index in [9.17, 15) is 0 Å². The van der Waals surface area contributed by atoms with E-state index >= 15 is 0 Å². The van der Waals surface area contributed by atoms with Gasteiger partial charge < -0.3 is 10.2 Å². The third-order valence-electron chi connectivity index (χ3n) is 2.92. The maximum atomic E-state index is 3.49. The van der Waals surface area contributed by atoms with E-state index in [1.807, 2.05) is 0 Å². The number of nitrogens with zero attached hydrogens (tertiary/aromatic N) is 1. The van der Waals surface area contributed by atoms with Gasteiger partial charge in [0.2, 0.25) is 0 Å². The highest BCUT2D eigenvalue weighted by Gasteiger charge is 2.01. The lowest BCUT2D eigenvalue weighted by molar-refractivity contribution is 0.268. The molecule has 1 heterocycles. The van der Waals surface area contributed by atoms with Crippen molar-refractivity contribution < 1.29 is 0 Å². The Morgan fingerprint density at radius 2 is 2.18 bits per heavy atom. The van der Waals surface area contributed by atoms with Crippen molar-refractivity contribution in [3.05, 3.63) is 20.8 Å². The van der Waals surface area contributed by atoms with Crippen LogP contribution in [0.4, 0.5) is 0 Å². The first-order valence-electron chi connectivity index (χ1n) is 6.23. The molecule has 0 spiro atoms. The Morgan fingerprint density at radius 1 is 1.41 bits per heavy atom. The van der Waals surface area contributed by atoms with E-state index in [0.717, 1.165) is 13.1 Å². The summed E-state index contributed by atoms with van der Waals surface area (Å²) >= 11 is 5.28. The molecule has 0 saturated heterocycles. The Kier molecular flexibility index (Phi) is 7.35. The second kappa shape index (κ2) is 8.25. The third kappa shape index (κ3) is 6.55. The van der Waals surface area contributed by atoms with Crippen molar-refractivity contribution >= 4 is 27.3 Å². The predicted molar refractivity (Wildman–Crippen MR) is 80.7 cm³/mol. The van der Waals surface area contributed by atoms with Gasteiger partial charge in [-0.1, -0.05) is 0 Å². The summed E-state index contributed by atoms with van der Waals surface area (Å²) in [5.74, 6) is 0. The first-order chi connectivity index (χ1) is 8.09. The van der Waals surface area contributed by atoms with Crippen molar-refractivity contribution in [2.24, 2.45) is 0 Å². The van der Waals surface area contributed by atoms with E-state index in [1.54, 1.807) is 11.3 Å². The molecule has 0 amide bonds. The Hall–Kier alpha value is 0.1000. The van der Waals surface area contributed by atoms with Crippen LogP contribution in [0, 0.1) is 0 Å². The summed E-state index contributed by atoms with van der Waals surface area (Å²) in [5, 5.41) is 5.62. The average molecular weight is 319 g/mol. The Morgan fingerprint density at radius 3 is 2.76 bits per heavy atom. The van der Waals surface area contributed by atoms with Crippen molar-refractivity contribution in [3.63, 3.8) is 0 Å². The molecule has 0 aliphatic heterocycles. The van der Waals surface area contributed by atoms with Gasteiger partial charge in [0.25, 0.3) is 0 Å². The number of rotatable bonds is 8. The summed E-state index contributed by atoms with van der Waals surface area (Å²) in [6.45, 7) is 7.79. The van der Waals surface area contributed by atoms with E-state index in [1.165, 1.54) is 28.7 Å². The third-order valence-corrected chi connectivity index (χ3v) is 4.61. The molecule has 0 saturated carbocycles. The minimum atomic E-state index is 0.659. The molecule has 0 radical (unpaired) electrons. The average Bonchev–Trinajstić information content (AvgIpc) is 2.68. The monoisotopic (exact) mass is 318 g/mol. The van der Waals surface area contributed by atoms with Crippen LogP contribution in [0.15, 0.2) is 15.9 Å². The molecule has 1 N–H and O–H groups in total. The molecule has 4 heteroatoms. The minimum absolute atomic E-state index is 0.659. The number of thiophene rings is 1. The van der Waals surface area contributed by atoms with Gasteiger partial charge in [0.15, 0.2) is 0 Å². The molecule has 0 aromatic carbocycles. The van der Waals surface area contributed by atoms with Crippen molar-refractivity contribution in [2.75, 3.05) is 20.1 Å². The van der Waals surface area contributed by atoms with Crippen LogP contribution in [-0.2, 0) is 6.54 Å². The molecule has 1 aromatic rings. The van der Waals surface area contributed by atoms with Gasteiger partial charge in [0.05, 0.1) is 0 Å². The maximum absolute atomic E-state index is 3.49. The van der Waals surface area contributed by atoms with Gasteiger partial charge in [-0.25, -0.2) is 0 Å². The normalized spacial score (nSPS) is 11.6. The quantitative estimate of drug-likeness (QED) is 0.735. The summed E-state index contributed by atoms with van der Waals surface area (Å²) in [6.07, 6.45) is 2.53. The van der Waals surface area contributed by atoms with Crippen molar-refractivity contribution in [1.29, 1.82) is 0 Å². The van der Waals surface area contributed by atoms with Crippen LogP contribution in [-0.4, -0.2) is 31.1 Å². The van der Waals surface area contributed by atoms with Gasteiger partial charge >= 0.3 is 0 Å². The standard InChI is InChI=1S/C13H23BrN2S/c1-11(2)16(3)7-5-4-6-15-9-13-8-12(14)10-17-13/h8,10-11,15H,4-7,9H2,1-3H3. The van der Waals surface area contributed by atoms with Crippen LogP contribution in [0.3, 0.4) is 0 Å². The number of unbranched alkanes of at least 4 members (excludes halogenated alkanes) is 1. The fourth-order valence-electron chi connectivity index (χ4n) is 1.53. The lowest BCUT2D eigenvalue weighted by atomic mass is 10.2. The summed E-state index contributed by atoms with van der Waals surface area (Å²) < 4.78 is 1.19. The zero-order valence-electron chi connectivity index (χ0n) is 11.0. The van der Waals surface area contributed by atoms with Gasteiger partial charge in [0.1, 0.15) is 0 Å². The Bertz CT molecular complexity index is 312. The summed E-state index contributed by atoms with van der Waals surface area (Å²) in [5.41, 5.74) is 0. The summed E-state index contributed by atoms with van der Waals surface area (Å²) in [4.78, 5) is 3.80. The van der Waals surface area contributed by atoms with E-state index < -0.39 is 0 Å². The van der Waals surface area contributed by atoms with Gasteiger partial charge in [-0.3, -0.25) is 0 Å². The van der Waals surface area contributed by atoms with Crippen LogP contribution in [0.2, 0.25) is 0 Å². The van der Waals surface area contributed by atoms with Crippen LogP contribution in [0.1, 0.15) is 31.6 Å². The Balaban J connectivity index is 1.98. The molecule has 0 fully saturated rings. The number of nitrogens with one attached hydrogen (secondary N) is 1. The molecule has 17 heavy (non-hydrogen) atoms. The first-order valence-corrected chi connectivity index (χ1v) is 7.90. The number of hydrogen-bond donors (Lipinski definition) is 1. The van der Waals surface area contributed by atoms with Crippen LogP contribution in [0.25, 0.3) is 0 Å². The fourth-order valence-corrected chi connectivity index (χ4v) is 2.95. The zero-order valence-corrected chi connectivity index (χ0v) is 13.4. The topological polar surface area (TPSA) is 15.3 Å². The molecular formula is C13H23BrN2S. The van der Waals surface area contributed by atoms with Crippen molar-refractivity contribution in [2.45, 2.75) is 39.3 Å². The summed E-state index contributed by atoms with van der Waals surface area (Å²) in [6, 6.07) is 2.84. The molecule has 1 rings (SSSR count). The molecule has 0 aliphatic carbocycles. The molecule has 98 valence electrons. The molecule has 0 aliphatic rings. The molecule has 0 atom stereocenters. The SMILES string of the molecule is CC(C)N(C)CCCCNCc1cc(Br)cs1. The zero-order chi connectivity index (χ0) is 12.7. The second-order valence-electron chi connectivity index (χ2n) is 4.69. The van der Waals surface area contributed by atoms with E-state index in [4.69, 9.17) is 0 Å². The minimum Gasteiger partial charge on any atom is -0.312 e. The van der Waals surface area contributed by atoms with E-state index in [-0.39, 0.29) is 0 Å². The Labute approximate surface area is 118 Å². The molecule has 0 bridgehead atoms. The molecule has 1 aromatic heterocycles.